The molecule has 0 saturated carbocycles. The summed E-state index contributed by atoms with van der Waals surface area (Å²) in [5, 5.41) is 13.4. The standard InChI is InChI=1S/C128H80N2O3S/c1-5-24-84(25-6-1)100-69-55-91(77-114(100)86-28-9-3-10-29-86)81-46-61-96(62-47-81)129(117-41-18-15-34-105(117)109-38-22-43-120-124(109)112-73-54-88-32-13-14-33-102(88)126(112)132-120)97-65-50-83(51-66-97)93-60-75-119-116(79-93)107-72-58-94(80-122(107)131-119)90-57-71-103-95(76-90)59-74-113-125-110(39-23-44-121(125)133-127(103)113)106-35-16-19-42-118(106)130(99-67-52-89(53-68-99)104-37-21-40-111-108-36-17-20-45-123(108)134-128(104)111)98-63-48-82(49-64-98)92-56-70-101(85-26-7-2-8-27-85)115(78-92)87-30-11-4-12-31-87/h1-80H. The summed E-state index contributed by atoms with van der Waals surface area (Å²) in [7, 11) is 0. The molecule has 0 fully saturated rings. The maximum atomic E-state index is 7.12. The van der Waals surface area contributed by atoms with Crippen LogP contribution in [0.4, 0.5) is 34.1 Å². The van der Waals surface area contributed by atoms with Crippen molar-refractivity contribution in [2.75, 3.05) is 9.80 Å². The fourth-order valence-electron chi connectivity index (χ4n) is 20.7. The first-order valence-electron chi connectivity index (χ1n) is 45.7. The van der Waals surface area contributed by atoms with Crippen molar-refractivity contribution in [1.29, 1.82) is 0 Å². The third kappa shape index (κ3) is 13.4. The highest BCUT2D eigenvalue weighted by Gasteiger charge is 2.27. The van der Waals surface area contributed by atoms with E-state index >= 15 is 0 Å². The lowest BCUT2D eigenvalue weighted by Gasteiger charge is -2.28. The first-order chi connectivity index (χ1) is 66.4. The van der Waals surface area contributed by atoms with E-state index < -0.39 is 0 Å². The van der Waals surface area contributed by atoms with Crippen molar-refractivity contribution in [3.63, 3.8) is 0 Å². The summed E-state index contributed by atoms with van der Waals surface area (Å²) in [6.45, 7) is 0. The number of anilines is 6. The Hall–Kier alpha value is -17.4. The van der Waals surface area contributed by atoms with Crippen LogP contribution in [0.2, 0.25) is 0 Å². The van der Waals surface area contributed by atoms with Gasteiger partial charge >= 0.3 is 0 Å². The van der Waals surface area contributed by atoms with Crippen molar-refractivity contribution < 1.29 is 13.3 Å². The Balaban J connectivity index is 0.524. The van der Waals surface area contributed by atoms with Gasteiger partial charge in [0, 0.05) is 97.1 Å². The van der Waals surface area contributed by atoms with E-state index in [0.717, 1.165) is 188 Å². The molecule has 5 nitrogen and oxygen atoms in total. The highest BCUT2D eigenvalue weighted by molar-refractivity contribution is 7.26. The zero-order chi connectivity index (χ0) is 88.3. The first-order valence-corrected chi connectivity index (χ1v) is 46.5. The van der Waals surface area contributed by atoms with Gasteiger partial charge in [0.05, 0.1) is 11.4 Å². The number of benzene rings is 22. The Morgan fingerprint density at radius 3 is 1.07 bits per heavy atom. The zero-order valence-electron chi connectivity index (χ0n) is 72.7. The summed E-state index contributed by atoms with van der Waals surface area (Å²) in [5.74, 6) is 0. The normalized spacial score (nSPS) is 11.7. The van der Waals surface area contributed by atoms with Gasteiger partial charge < -0.3 is 23.1 Å². The van der Waals surface area contributed by atoms with Gasteiger partial charge in [-0.3, -0.25) is 0 Å². The molecule has 0 aliphatic heterocycles. The highest BCUT2D eigenvalue weighted by Crippen LogP contribution is 2.52. The largest absolute Gasteiger partial charge is 0.456 e. The van der Waals surface area contributed by atoms with E-state index in [1.807, 2.05) is 11.3 Å². The Morgan fingerprint density at radius 2 is 0.530 bits per heavy atom. The van der Waals surface area contributed by atoms with Crippen LogP contribution in [0.5, 0.6) is 0 Å². The number of hydrogen-bond donors (Lipinski definition) is 0. The van der Waals surface area contributed by atoms with Crippen LogP contribution in [-0.2, 0) is 0 Å². The van der Waals surface area contributed by atoms with Crippen molar-refractivity contribution in [1.82, 2.24) is 0 Å². The number of para-hydroxylation sites is 2. The van der Waals surface area contributed by atoms with Crippen molar-refractivity contribution in [2.24, 2.45) is 0 Å². The van der Waals surface area contributed by atoms with Gasteiger partial charge in [0.15, 0.2) is 0 Å². The van der Waals surface area contributed by atoms with Gasteiger partial charge in [-0.2, -0.15) is 0 Å². The third-order valence-corrected chi connectivity index (χ3v) is 28.4. The smallest absolute Gasteiger partial charge is 0.143 e. The van der Waals surface area contributed by atoms with E-state index in [-0.39, 0.29) is 0 Å². The monoisotopic (exact) mass is 1720 g/mol. The lowest BCUT2D eigenvalue weighted by atomic mass is 9.91. The van der Waals surface area contributed by atoms with Gasteiger partial charge in [-0.15, -0.1) is 11.3 Å². The molecule has 26 aromatic rings. The van der Waals surface area contributed by atoms with Crippen LogP contribution in [0.1, 0.15) is 0 Å². The second-order valence-electron chi connectivity index (χ2n) is 34.8. The molecule has 0 aliphatic carbocycles. The van der Waals surface area contributed by atoms with Gasteiger partial charge in [-0.25, -0.2) is 0 Å². The van der Waals surface area contributed by atoms with Crippen LogP contribution in [0, 0.1) is 0 Å². The minimum absolute atomic E-state index is 0.827. The van der Waals surface area contributed by atoms with Crippen LogP contribution in [0.3, 0.4) is 0 Å². The molecule has 626 valence electrons. The SMILES string of the molecule is c1ccc(-c2ccc(-c3ccc(N(c4ccc(-c5ccc6oc7cc(-c8ccc9c(ccc%10c9oc9cccc(-c%11ccccc%11N(c%11ccc(-c%12ccc(-c%13ccccc%13)c(-c%13ccccc%13)c%12)cc%11)c%11ccc(-c%12cccc%13c%12sc%12ccccc%12%13)cc%11)c9%10)c8)ccc7c6c5)cc4)c4ccccc4-c4cccc5oc6c7ccccc7ccc6c45)cc3)cc2-c2ccccc2)cc1. The van der Waals surface area contributed by atoms with E-state index in [1.165, 1.54) is 75.8 Å². The average Bonchev–Trinajstić information content (AvgIpc) is 1.59. The number of hydrogen-bond acceptors (Lipinski definition) is 6. The zero-order valence-corrected chi connectivity index (χ0v) is 73.5. The Labute approximate surface area is 778 Å². The molecule has 0 atom stereocenters. The summed E-state index contributed by atoms with van der Waals surface area (Å²) in [6.07, 6.45) is 0. The number of rotatable bonds is 17. The summed E-state index contributed by atoms with van der Waals surface area (Å²) >= 11 is 1.86. The van der Waals surface area contributed by atoms with Gasteiger partial charge in [-0.1, -0.05) is 346 Å². The first kappa shape index (κ1) is 77.7. The van der Waals surface area contributed by atoms with Gasteiger partial charge in [-0.05, 0) is 262 Å². The Kier molecular flexibility index (Phi) is 18.8. The van der Waals surface area contributed by atoms with E-state index in [0.29, 0.717) is 0 Å². The highest BCUT2D eigenvalue weighted by atomic mass is 32.1. The van der Waals surface area contributed by atoms with E-state index in [4.69, 9.17) is 13.3 Å². The molecule has 22 aromatic carbocycles. The molecule has 0 radical (unpaired) electrons. The summed E-state index contributed by atoms with van der Waals surface area (Å²) < 4.78 is 23.3. The molecule has 0 spiro atoms. The van der Waals surface area contributed by atoms with Crippen molar-refractivity contribution in [3.8, 4) is 122 Å². The lowest BCUT2D eigenvalue weighted by molar-refractivity contribution is 0.669. The average molecular weight is 1730 g/mol. The van der Waals surface area contributed by atoms with Crippen molar-refractivity contribution >= 4 is 153 Å². The summed E-state index contributed by atoms with van der Waals surface area (Å²) in [4.78, 5) is 4.83. The summed E-state index contributed by atoms with van der Waals surface area (Å²) in [5.41, 5.74) is 36.5. The second-order valence-corrected chi connectivity index (χ2v) is 35.8. The minimum atomic E-state index is 0.827. The number of thiophene rings is 1. The van der Waals surface area contributed by atoms with E-state index in [9.17, 15) is 0 Å². The predicted molar refractivity (Wildman–Crippen MR) is 565 cm³/mol. The maximum Gasteiger partial charge on any atom is 0.143 e. The van der Waals surface area contributed by atoms with Gasteiger partial charge in [0.25, 0.3) is 0 Å². The Morgan fingerprint density at radius 1 is 0.164 bits per heavy atom. The number of furan rings is 3. The van der Waals surface area contributed by atoms with E-state index in [1.54, 1.807) is 0 Å². The predicted octanol–water partition coefficient (Wildman–Crippen LogP) is 37.3. The van der Waals surface area contributed by atoms with Crippen LogP contribution < -0.4 is 9.80 Å². The second kappa shape index (κ2) is 32.3. The molecule has 0 aliphatic rings. The molecule has 4 aromatic heterocycles. The number of nitrogens with zero attached hydrogens (tertiary/aromatic N) is 2. The van der Waals surface area contributed by atoms with E-state index in [2.05, 4.69) is 495 Å². The van der Waals surface area contributed by atoms with Gasteiger partial charge in [0.1, 0.15) is 33.5 Å². The fraction of sp³-hybridized carbons (Fsp3) is 0. The molecule has 0 saturated heterocycles. The number of fused-ring (bicyclic) bond motifs is 16. The van der Waals surface area contributed by atoms with Crippen molar-refractivity contribution in [2.45, 2.75) is 0 Å². The maximum absolute atomic E-state index is 7.12. The molecular weight excluding hydrogens is 1650 g/mol. The molecule has 0 N–H and O–H groups in total. The molecule has 26 rings (SSSR count). The molecule has 0 unspecified atom stereocenters. The minimum Gasteiger partial charge on any atom is -0.456 e. The molecule has 134 heavy (non-hydrogen) atoms. The lowest BCUT2D eigenvalue weighted by Crippen LogP contribution is -2.11. The van der Waals surface area contributed by atoms with Crippen LogP contribution >= 0.6 is 11.3 Å². The molecule has 4 heterocycles. The third-order valence-electron chi connectivity index (χ3n) is 27.1. The van der Waals surface area contributed by atoms with Gasteiger partial charge in [0.2, 0.25) is 0 Å². The topological polar surface area (TPSA) is 45.9 Å². The van der Waals surface area contributed by atoms with Crippen LogP contribution in [0.15, 0.2) is 499 Å². The van der Waals surface area contributed by atoms with Crippen LogP contribution in [0.25, 0.3) is 230 Å². The van der Waals surface area contributed by atoms with Crippen molar-refractivity contribution in [3.05, 3.63) is 485 Å². The molecule has 0 bridgehead atoms. The quantitative estimate of drug-likeness (QED) is 0.0909. The molecular formula is C128H80N2O3S. The summed E-state index contributed by atoms with van der Waals surface area (Å²) in [6, 6.07) is 176. The Bertz CT molecular complexity index is 9090. The van der Waals surface area contributed by atoms with Crippen LogP contribution in [-0.4, -0.2) is 0 Å². The molecule has 0 amide bonds. The molecule has 6 heteroatoms. The fourth-order valence-corrected chi connectivity index (χ4v) is 21.9.